The number of phenols is 1. The molecule has 4 N–H and O–H groups in total. The van der Waals surface area contributed by atoms with Crippen LogP contribution in [0, 0.1) is 0 Å². The van der Waals surface area contributed by atoms with Crippen molar-refractivity contribution in [1.82, 2.24) is 9.88 Å². The molecule has 2 aromatic rings. The quantitative estimate of drug-likeness (QED) is 0.722. The number of likely N-dealkylation sites (tertiary alicyclic amines) is 1. The molecule has 9 heteroatoms. The topological polar surface area (TPSA) is 118 Å². The van der Waals surface area contributed by atoms with Crippen molar-refractivity contribution in [3.8, 4) is 17.0 Å². The number of amides is 2. The highest BCUT2D eigenvalue weighted by Crippen LogP contribution is 2.29. The first kappa shape index (κ1) is 19.0. The summed E-state index contributed by atoms with van der Waals surface area (Å²) in [5, 5.41) is 15.8. The largest absolute Gasteiger partial charge is 0.507 e. The van der Waals surface area contributed by atoms with E-state index in [1.54, 1.807) is 17.9 Å². The van der Waals surface area contributed by atoms with Crippen LogP contribution >= 0.6 is 11.3 Å². The maximum Gasteiger partial charge on any atom is 0.409 e. The molecule has 8 nitrogen and oxygen atoms in total. The van der Waals surface area contributed by atoms with Crippen LogP contribution in [0.25, 0.3) is 11.3 Å². The Labute approximate surface area is 161 Å². The van der Waals surface area contributed by atoms with Gasteiger partial charge in [0.1, 0.15) is 5.75 Å². The number of nitrogens with zero attached hydrogens (tertiary/aromatic N) is 2. The minimum absolute atomic E-state index is 0.0707. The van der Waals surface area contributed by atoms with Crippen LogP contribution in [0.3, 0.4) is 0 Å². The van der Waals surface area contributed by atoms with Gasteiger partial charge in [-0.2, -0.15) is 0 Å². The number of nitrogens with one attached hydrogen (secondary N) is 1. The number of hydrogen-bond donors (Lipinski definition) is 3. The third-order valence-corrected chi connectivity index (χ3v) is 5.18. The number of ether oxygens (including phenoxy) is 1. The monoisotopic (exact) mass is 390 g/mol. The Morgan fingerprint density at radius 1 is 1.41 bits per heavy atom. The lowest BCUT2D eigenvalue weighted by Crippen LogP contribution is -2.42. The zero-order valence-corrected chi connectivity index (χ0v) is 15.8. The van der Waals surface area contributed by atoms with Gasteiger partial charge < -0.3 is 25.8 Å². The summed E-state index contributed by atoms with van der Waals surface area (Å²) in [6.07, 6.45) is 1.38. The fourth-order valence-corrected chi connectivity index (χ4v) is 3.76. The molecular weight excluding hydrogens is 368 g/mol. The van der Waals surface area contributed by atoms with Crippen LogP contribution in [-0.2, 0) is 4.74 Å². The van der Waals surface area contributed by atoms with Gasteiger partial charge in [-0.25, -0.2) is 9.78 Å². The summed E-state index contributed by atoms with van der Waals surface area (Å²) in [4.78, 5) is 29.4. The zero-order valence-electron chi connectivity index (χ0n) is 15.0. The third-order valence-electron chi connectivity index (χ3n) is 4.41. The van der Waals surface area contributed by atoms with Gasteiger partial charge in [0, 0.05) is 30.1 Å². The first-order valence-electron chi connectivity index (χ1n) is 8.75. The molecule has 1 aliphatic rings. The summed E-state index contributed by atoms with van der Waals surface area (Å²) in [7, 11) is 0. The summed E-state index contributed by atoms with van der Waals surface area (Å²) in [6, 6.07) is 4.90. The molecular formula is C18H22N4O4S. The number of carbonyl (C=O) groups excluding carboxylic acids is 2. The molecule has 0 radical (unpaired) electrons. The Kier molecular flexibility index (Phi) is 5.80. The Hall–Kier alpha value is -2.81. The van der Waals surface area contributed by atoms with Gasteiger partial charge >= 0.3 is 6.09 Å². The fraction of sp³-hybridized carbons (Fsp3) is 0.389. The van der Waals surface area contributed by atoms with Gasteiger partial charge in [-0.05, 0) is 38.0 Å². The third kappa shape index (κ3) is 4.48. The number of benzene rings is 1. The van der Waals surface area contributed by atoms with Gasteiger partial charge in [0.2, 0.25) is 0 Å². The van der Waals surface area contributed by atoms with E-state index >= 15 is 0 Å². The predicted octanol–water partition coefficient (Wildman–Crippen LogP) is 2.65. The van der Waals surface area contributed by atoms with E-state index in [9.17, 15) is 14.7 Å². The Morgan fingerprint density at radius 3 is 2.81 bits per heavy atom. The maximum absolute atomic E-state index is 11.7. The average Bonchev–Trinajstić information content (AvgIpc) is 3.11. The molecule has 0 aliphatic carbocycles. The van der Waals surface area contributed by atoms with Crippen molar-refractivity contribution in [1.29, 1.82) is 0 Å². The Morgan fingerprint density at radius 2 is 2.15 bits per heavy atom. The van der Waals surface area contributed by atoms with Gasteiger partial charge in [0.05, 0.1) is 17.9 Å². The molecule has 1 aromatic carbocycles. The van der Waals surface area contributed by atoms with E-state index in [0.717, 1.165) is 18.0 Å². The summed E-state index contributed by atoms with van der Waals surface area (Å²) >= 11 is 1.47. The molecule has 1 aromatic heterocycles. The molecule has 2 heterocycles. The molecule has 0 bridgehead atoms. The lowest BCUT2D eigenvalue weighted by Gasteiger charge is -2.31. The molecule has 0 unspecified atom stereocenters. The molecule has 1 aliphatic heterocycles. The van der Waals surface area contributed by atoms with Crippen molar-refractivity contribution >= 4 is 28.5 Å². The van der Waals surface area contributed by atoms with Crippen molar-refractivity contribution in [3.63, 3.8) is 0 Å². The van der Waals surface area contributed by atoms with E-state index in [2.05, 4.69) is 10.3 Å². The lowest BCUT2D eigenvalue weighted by molar-refractivity contribution is 0.0979. The van der Waals surface area contributed by atoms with Crippen LogP contribution in [0.1, 0.15) is 30.1 Å². The SMILES string of the molecule is CCOC(=O)N1CCC(Nc2nc(-c3ccc(O)c(C(N)=O)c3)cs2)CC1. The molecule has 27 heavy (non-hydrogen) atoms. The van der Waals surface area contributed by atoms with Crippen LogP contribution in [0.5, 0.6) is 5.75 Å². The van der Waals surface area contributed by atoms with Crippen LogP contribution in [0.15, 0.2) is 23.6 Å². The molecule has 144 valence electrons. The number of primary amides is 1. The second-order valence-corrected chi connectivity index (χ2v) is 7.10. The van der Waals surface area contributed by atoms with E-state index in [4.69, 9.17) is 10.5 Å². The average molecular weight is 390 g/mol. The summed E-state index contributed by atoms with van der Waals surface area (Å²) in [5.74, 6) is -0.829. The Bertz CT molecular complexity index is 831. The van der Waals surface area contributed by atoms with Gasteiger partial charge in [0.15, 0.2) is 5.13 Å². The van der Waals surface area contributed by atoms with E-state index in [1.807, 2.05) is 5.38 Å². The van der Waals surface area contributed by atoms with Crippen molar-refractivity contribution in [2.75, 3.05) is 25.0 Å². The van der Waals surface area contributed by atoms with Crippen LogP contribution < -0.4 is 11.1 Å². The molecule has 0 saturated carbocycles. The van der Waals surface area contributed by atoms with E-state index in [0.29, 0.717) is 31.0 Å². The number of nitrogens with two attached hydrogens (primary N) is 1. The number of thiazole rings is 1. The molecule has 1 saturated heterocycles. The van der Waals surface area contributed by atoms with Gasteiger partial charge in [0.25, 0.3) is 5.91 Å². The molecule has 2 amide bonds. The first-order valence-corrected chi connectivity index (χ1v) is 9.63. The normalized spacial score (nSPS) is 14.8. The zero-order chi connectivity index (χ0) is 19.4. The highest BCUT2D eigenvalue weighted by Gasteiger charge is 2.24. The van der Waals surface area contributed by atoms with E-state index < -0.39 is 5.91 Å². The van der Waals surface area contributed by atoms with Gasteiger partial charge in [-0.15, -0.1) is 11.3 Å². The second-order valence-electron chi connectivity index (χ2n) is 6.24. The highest BCUT2D eigenvalue weighted by atomic mass is 32.1. The number of aromatic hydroxyl groups is 1. The summed E-state index contributed by atoms with van der Waals surface area (Å²) in [5.41, 5.74) is 6.76. The molecule has 1 fully saturated rings. The maximum atomic E-state index is 11.7. The number of piperidine rings is 1. The number of aromatic nitrogens is 1. The van der Waals surface area contributed by atoms with Gasteiger partial charge in [-0.3, -0.25) is 4.79 Å². The highest BCUT2D eigenvalue weighted by molar-refractivity contribution is 7.14. The van der Waals surface area contributed by atoms with Crippen LogP contribution in [-0.4, -0.2) is 52.7 Å². The van der Waals surface area contributed by atoms with Crippen molar-refractivity contribution in [3.05, 3.63) is 29.1 Å². The Balaban J connectivity index is 1.62. The lowest BCUT2D eigenvalue weighted by atomic mass is 10.1. The number of carbonyl (C=O) groups is 2. The molecule has 3 rings (SSSR count). The van der Waals surface area contributed by atoms with Crippen molar-refractivity contribution < 1.29 is 19.4 Å². The van der Waals surface area contributed by atoms with Crippen molar-refractivity contribution in [2.45, 2.75) is 25.8 Å². The number of hydrogen-bond acceptors (Lipinski definition) is 7. The van der Waals surface area contributed by atoms with Crippen LogP contribution in [0.2, 0.25) is 0 Å². The van der Waals surface area contributed by atoms with Crippen LogP contribution in [0.4, 0.5) is 9.93 Å². The predicted molar refractivity (Wildman–Crippen MR) is 103 cm³/mol. The standard InChI is InChI=1S/C18H22N4O4S/c1-2-26-18(25)22-7-5-12(6-8-22)20-17-21-14(10-27-17)11-3-4-15(23)13(9-11)16(19)24/h3-4,9-10,12,23H,2,5-8H2,1H3,(H2,19,24)(H,20,21). The molecule has 0 spiro atoms. The summed E-state index contributed by atoms with van der Waals surface area (Å²) < 4.78 is 5.03. The first-order chi connectivity index (χ1) is 13.0. The number of anilines is 1. The number of rotatable bonds is 5. The fourth-order valence-electron chi connectivity index (χ4n) is 2.96. The van der Waals surface area contributed by atoms with Gasteiger partial charge in [-0.1, -0.05) is 0 Å². The molecule has 0 atom stereocenters. The minimum atomic E-state index is -0.684. The second kappa shape index (κ2) is 8.26. The smallest absolute Gasteiger partial charge is 0.409 e. The summed E-state index contributed by atoms with van der Waals surface area (Å²) in [6.45, 7) is 3.48. The van der Waals surface area contributed by atoms with Crippen molar-refractivity contribution in [2.24, 2.45) is 5.73 Å². The minimum Gasteiger partial charge on any atom is -0.507 e. The van der Waals surface area contributed by atoms with E-state index in [-0.39, 0.29) is 23.4 Å². The van der Waals surface area contributed by atoms with E-state index in [1.165, 1.54) is 23.5 Å².